The zero-order chi connectivity index (χ0) is 26.8. The van der Waals surface area contributed by atoms with Crippen LogP contribution in [0.1, 0.15) is 36.0 Å². The van der Waals surface area contributed by atoms with E-state index in [1.807, 2.05) is 91.0 Å². The van der Waals surface area contributed by atoms with Crippen molar-refractivity contribution in [3.8, 4) is 0 Å². The molecule has 0 radical (unpaired) electrons. The molecule has 8 nitrogen and oxygen atoms in total. The molecule has 0 spiro atoms. The maximum Gasteiger partial charge on any atom is 0.408 e. The van der Waals surface area contributed by atoms with E-state index in [-0.39, 0.29) is 32.3 Å². The van der Waals surface area contributed by atoms with Crippen molar-refractivity contribution in [1.82, 2.24) is 10.6 Å². The first-order valence-electron chi connectivity index (χ1n) is 12.7. The molecular formula is C30H34N2O6. The van der Waals surface area contributed by atoms with E-state index in [1.165, 1.54) is 0 Å². The summed E-state index contributed by atoms with van der Waals surface area (Å²) in [6.07, 6.45) is 0.995. The number of alkyl carbamates (subject to hydrolysis) is 1. The molecule has 200 valence electrons. The minimum Gasteiger partial charge on any atom is -0.460 e. The fraction of sp³-hybridized carbons (Fsp3) is 0.300. The molecule has 3 aromatic carbocycles. The molecule has 0 heterocycles. The first-order valence-corrected chi connectivity index (χ1v) is 12.7. The number of nitrogens with one attached hydrogen (secondary N) is 2. The molecule has 1 atom stereocenters. The minimum absolute atomic E-state index is 0.0967. The molecule has 0 unspecified atom stereocenters. The zero-order valence-electron chi connectivity index (χ0n) is 21.3. The molecule has 0 aliphatic heterocycles. The SMILES string of the molecule is O=C(CNCCCC[C@H](NC(=O)OCc1ccccc1)C(=O)OCc1ccccc1)OCc1ccccc1. The van der Waals surface area contributed by atoms with E-state index >= 15 is 0 Å². The van der Waals surface area contributed by atoms with Crippen LogP contribution in [-0.4, -0.2) is 37.2 Å². The van der Waals surface area contributed by atoms with Crippen LogP contribution >= 0.6 is 0 Å². The number of carbonyl (C=O) groups is 3. The summed E-state index contributed by atoms with van der Waals surface area (Å²) < 4.78 is 16.0. The van der Waals surface area contributed by atoms with Crippen LogP contribution in [0.3, 0.4) is 0 Å². The Balaban J connectivity index is 1.39. The van der Waals surface area contributed by atoms with E-state index in [9.17, 15) is 14.4 Å². The minimum atomic E-state index is -0.849. The molecule has 38 heavy (non-hydrogen) atoms. The monoisotopic (exact) mass is 518 g/mol. The van der Waals surface area contributed by atoms with Crippen molar-refractivity contribution in [2.45, 2.75) is 45.1 Å². The van der Waals surface area contributed by atoms with E-state index in [2.05, 4.69) is 10.6 Å². The maximum absolute atomic E-state index is 12.8. The Bertz CT molecular complexity index is 1110. The largest absolute Gasteiger partial charge is 0.460 e. The van der Waals surface area contributed by atoms with E-state index in [4.69, 9.17) is 14.2 Å². The van der Waals surface area contributed by atoms with Crippen molar-refractivity contribution in [2.75, 3.05) is 13.1 Å². The Morgan fingerprint density at radius 3 is 1.68 bits per heavy atom. The van der Waals surface area contributed by atoms with Crippen molar-refractivity contribution in [3.05, 3.63) is 108 Å². The summed E-state index contributed by atoms with van der Waals surface area (Å²) in [5.74, 6) is -0.859. The summed E-state index contributed by atoms with van der Waals surface area (Å²) in [4.78, 5) is 37.0. The van der Waals surface area contributed by atoms with Crippen molar-refractivity contribution in [1.29, 1.82) is 0 Å². The summed E-state index contributed by atoms with van der Waals surface area (Å²) >= 11 is 0. The van der Waals surface area contributed by atoms with Crippen LogP contribution in [0.25, 0.3) is 0 Å². The van der Waals surface area contributed by atoms with Gasteiger partial charge in [-0.1, -0.05) is 91.0 Å². The number of rotatable bonds is 15. The van der Waals surface area contributed by atoms with Crippen molar-refractivity contribution in [2.24, 2.45) is 0 Å². The smallest absolute Gasteiger partial charge is 0.408 e. The van der Waals surface area contributed by atoms with Gasteiger partial charge in [0.15, 0.2) is 0 Å². The van der Waals surface area contributed by atoms with Crippen molar-refractivity contribution < 1.29 is 28.6 Å². The molecule has 0 aliphatic carbocycles. The lowest BCUT2D eigenvalue weighted by Gasteiger charge is -2.18. The van der Waals surface area contributed by atoms with E-state index < -0.39 is 18.1 Å². The average Bonchev–Trinajstić information content (AvgIpc) is 2.96. The van der Waals surface area contributed by atoms with Gasteiger partial charge in [-0.05, 0) is 42.5 Å². The Hall–Kier alpha value is -4.17. The Morgan fingerprint density at radius 1 is 0.632 bits per heavy atom. The highest BCUT2D eigenvalue weighted by Crippen LogP contribution is 2.08. The summed E-state index contributed by atoms with van der Waals surface area (Å²) in [6, 6.07) is 27.3. The van der Waals surface area contributed by atoms with Crippen LogP contribution < -0.4 is 10.6 Å². The van der Waals surface area contributed by atoms with Gasteiger partial charge in [0.1, 0.15) is 25.9 Å². The second kappa shape index (κ2) is 16.6. The van der Waals surface area contributed by atoms with Gasteiger partial charge in [0, 0.05) is 0 Å². The average molecular weight is 519 g/mol. The van der Waals surface area contributed by atoms with Gasteiger partial charge in [-0.2, -0.15) is 0 Å². The molecule has 2 N–H and O–H groups in total. The summed E-state index contributed by atoms with van der Waals surface area (Å²) in [7, 11) is 0. The molecule has 0 aliphatic rings. The second-order valence-electron chi connectivity index (χ2n) is 8.67. The third kappa shape index (κ3) is 11.3. The molecule has 0 saturated carbocycles. The number of amides is 1. The van der Waals surface area contributed by atoms with E-state index in [0.717, 1.165) is 16.7 Å². The number of hydrogen-bond acceptors (Lipinski definition) is 7. The number of esters is 2. The highest BCUT2D eigenvalue weighted by Gasteiger charge is 2.23. The first kappa shape index (κ1) is 28.4. The predicted octanol–water partition coefficient (Wildman–Crippen LogP) is 4.53. The number of hydrogen-bond donors (Lipinski definition) is 2. The predicted molar refractivity (Wildman–Crippen MR) is 143 cm³/mol. The second-order valence-corrected chi connectivity index (χ2v) is 8.67. The topological polar surface area (TPSA) is 103 Å². The number of carbonyl (C=O) groups excluding carboxylic acids is 3. The van der Waals surface area contributed by atoms with Gasteiger partial charge >= 0.3 is 18.0 Å². The molecule has 1 amide bonds. The fourth-order valence-corrected chi connectivity index (χ4v) is 3.56. The molecular weight excluding hydrogens is 484 g/mol. The van der Waals surface area contributed by atoms with Gasteiger partial charge in [0.25, 0.3) is 0 Å². The Kier molecular flexibility index (Phi) is 12.4. The lowest BCUT2D eigenvalue weighted by atomic mass is 10.1. The third-order valence-electron chi connectivity index (χ3n) is 5.62. The Morgan fingerprint density at radius 2 is 1.13 bits per heavy atom. The normalized spacial score (nSPS) is 11.3. The lowest BCUT2D eigenvalue weighted by Crippen LogP contribution is -2.42. The first-order chi connectivity index (χ1) is 18.6. The molecule has 0 fully saturated rings. The molecule has 0 aromatic heterocycles. The van der Waals surface area contributed by atoms with Gasteiger partial charge in [-0.3, -0.25) is 4.79 Å². The highest BCUT2D eigenvalue weighted by molar-refractivity contribution is 5.81. The quantitative estimate of drug-likeness (QED) is 0.173. The van der Waals surface area contributed by atoms with Gasteiger partial charge in [0.05, 0.1) is 6.54 Å². The lowest BCUT2D eigenvalue weighted by molar-refractivity contribution is -0.147. The van der Waals surface area contributed by atoms with Crippen LogP contribution in [0.4, 0.5) is 4.79 Å². The van der Waals surface area contributed by atoms with E-state index in [0.29, 0.717) is 25.8 Å². The van der Waals surface area contributed by atoms with Crippen LogP contribution in [-0.2, 0) is 43.6 Å². The number of unbranched alkanes of at least 4 members (excludes halogenated alkanes) is 1. The summed E-state index contributed by atoms with van der Waals surface area (Å²) in [6.45, 7) is 1.11. The number of ether oxygens (including phenoxy) is 3. The standard InChI is InChI=1S/C30H34N2O6/c33-28(36-21-24-12-4-1-5-13-24)20-31-19-11-10-18-27(29(34)37-22-25-14-6-2-7-15-25)32-30(35)38-23-26-16-8-3-9-17-26/h1-9,12-17,27,31H,10-11,18-23H2,(H,32,35)/t27-/m0/s1. The van der Waals surface area contributed by atoms with Gasteiger partial charge in [-0.25, -0.2) is 9.59 Å². The summed E-state index contributed by atoms with van der Waals surface area (Å²) in [5, 5.41) is 5.68. The molecule has 0 saturated heterocycles. The Labute approximate surface area is 223 Å². The van der Waals surface area contributed by atoms with E-state index in [1.54, 1.807) is 0 Å². The molecule has 3 aromatic rings. The summed E-state index contributed by atoms with van der Waals surface area (Å²) in [5.41, 5.74) is 2.63. The number of benzene rings is 3. The fourth-order valence-electron chi connectivity index (χ4n) is 3.56. The zero-order valence-corrected chi connectivity index (χ0v) is 21.3. The van der Waals surface area contributed by atoms with Crippen LogP contribution in [0.2, 0.25) is 0 Å². The van der Waals surface area contributed by atoms with Gasteiger partial charge in [-0.15, -0.1) is 0 Å². The molecule has 0 bridgehead atoms. The van der Waals surface area contributed by atoms with Gasteiger partial charge in [0.2, 0.25) is 0 Å². The van der Waals surface area contributed by atoms with Crippen LogP contribution in [0.15, 0.2) is 91.0 Å². The van der Waals surface area contributed by atoms with Crippen LogP contribution in [0.5, 0.6) is 0 Å². The highest BCUT2D eigenvalue weighted by atomic mass is 16.6. The van der Waals surface area contributed by atoms with Gasteiger partial charge < -0.3 is 24.8 Å². The van der Waals surface area contributed by atoms with Crippen LogP contribution in [0, 0.1) is 0 Å². The third-order valence-corrected chi connectivity index (χ3v) is 5.62. The van der Waals surface area contributed by atoms with Crippen molar-refractivity contribution >= 4 is 18.0 Å². The van der Waals surface area contributed by atoms with Crippen molar-refractivity contribution in [3.63, 3.8) is 0 Å². The molecule has 8 heteroatoms. The maximum atomic E-state index is 12.8. The molecule has 3 rings (SSSR count).